The number of thiophene rings is 2. The molecule has 4 heterocycles. The van der Waals surface area contributed by atoms with Gasteiger partial charge in [-0.2, -0.15) is 0 Å². The lowest BCUT2D eigenvalue weighted by atomic mass is 9.93. The summed E-state index contributed by atoms with van der Waals surface area (Å²) in [5, 5.41) is 16.1. The molecule has 0 bridgehead atoms. The van der Waals surface area contributed by atoms with E-state index in [0.717, 1.165) is 4.47 Å². The van der Waals surface area contributed by atoms with Crippen LogP contribution in [0.2, 0.25) is 0 Å². The Morgan fingerprint density at radius 2 is 0.706 bits per heavy atom. The molecular weight excluding hydrogens is 1130 g/mol. The SMILES string of the molecule is Brc1cccc(-c2cccc3sc4ccccc4c23)c1.c1cc(-c2cccc3sc4ccccc4c23)cc(-n2c3cccc4c3c3c5c(cccc5ccc32)-c2ccccc2-4)c1.c1ccc2c(c1)-c1cccc3ccc4[nH]c5cccc-2c5c4c13. The molecule has 0 atom stereocenters. The van der Waals surface area contributed by atoms with E-state index in [0.29, 0.717) is 0 Å². The molecule has 14 aromatic carbocycles. The van der Waals surface area contributed by atoms with Crippen molar-refractivity contribution in [2.24, 2.45) is 0 Å². The number of halogens is 1. The second kappa shape index (κ2) is 19.1. The maximum Gasteiger partial charge on any atom is 0.0548 e. The molecule has 2 aliphatic carbocycles. The summed E-state index contributed by atoms with van der Waals surface area (Å²) in [6, 6.07) is 102. The lowest BCUT2D eigenvalue weighted by Crippen LogP contribution is -1.95. The molecule has 2 nitrogen and oxygen atoms in total. The Morgan fingerprint density at radius 3 is 1.33 bits per heavy atom. The standard InChI is InChI=1S/C40H23NS.C22H13N.C18H11BrS/c1-2-13-29-28(12-1)30-16-6-9-24-21-22-34-40(37(24)30)39-31(29)17-7-18-33(39)41(34)26-11-5-10-25(23-26)27-15-8-20-36-38(27)32-14-3-4-19-35(32)42-36;1-2-7-15-14(6-1)16-8-3-5-13-11-12-19-22(20(13)16)21-17(15)9-4-10-18(21)23-19;19-13-6-3-5-12(11-13)14-8-4-10-17-18(14)15-7-1-2-9-16(15)20-17/h1-23H;1-12,23H;1-11H. The molecule has 0 radical (unpaired) electrons. The fourth-order valence-corrected chi connectivity index (χ4v) is 17.0. The summed E-state index contributed by atoms with van der Waals surface area (Å²) in [7, 11) is 0. The maximum atomic E-state index is 3.60. The smallest absolute Gasteiger partial charge is 0.0548 e. The molecule has 1 N–H and O–H groups in total. The largest absolute Gasteiger partial charge is 0.354 e. The van der Waals surface area contributed by atoms with E-state index in [1.54, 1.807) is 0 Å². The predicted octanol–water partition coefficient (Wildman–Crippen LogP) is 24.2. The maximum absolute atomic E-state index is 3.60. The van der Waals surface area contributed by atoms with Gasteiger partial charge in [0.05, 0.1) is 11.0 Å². The second-order valence-corrected chi connectivity index (χ2v) is 25.4. The number of H-pyrrole nitrogens is 1. The van der Waals surface area contributed by atoms with Crippen LogP contribution in [-0.4, -0.2) is 9.55 Å². The Kier molecular flexibility index (Phi) is 10.9. The molecule has 0 saturated heterocycles. The minimum Gasteiger partial charge on any atom is -0.354 e. The van der Waals surface area contributed by atoms with Crippen LogP contribution in [0.1, 0.15) is 0 Å². The van der Waals surface area contributed by atoms with Crippen molar-refractivity contribution < 1.29 is 0 Å². The van der Waals surface area contributed by atoms with E-state index in [-0.39, 0.29) is 0 Å². The lowest BCUT2D eigenvalue weighted by molar-refractivity contribution is 1.18. The van der Waals surface area contributed by atoms with Crippen LogP contribution in [0.3, 0.4) is 0 Å². The molecule has 396 valence electrons. The third kappa shape index (κ3) is 7.41. The van der Waals surface area contributed by atoms with Gasteiger partial charge in [0.25, 0.3) is 0 Å². The molecule has 2 aliphatic rings. The minimum absolute atomic E-state index is 1.12. The van der Waals surface area contributed by atoms with Crippen LogP contribution in [-0.2, 0) is 0 Å². The Balaban J connectivity index is 0.000000107. The Hall–Kier alpha value is -9.88. The van der Waals surface area contributed by atoms with Crippen molar-refractivity contribution in [2.75, 3.05) is 0 Å². The Morgan fingerprint density at radius 1 is 0.271 bits per heavy atom. The molecular formula is C80H47BrN2S2. The monoisotopic (exact) mass is 1180 g/mol. The van der Waals surface area contributed by atoms with Gasteiger partial charge in [-0.3, -0.25) is 0 Å². The zero-order valence-electron chi connectivity index (χ0n) is 45.7. The zero-order valence-corrected chi connectivity index (χ0v) is 48.9. The first-order valence-electron chi connectivity index (χ1n) is 28.9. The number of hydrogen-bond donors (Lipinski definition) is 1. The van der Waals surface area contributed by atoms with Crippen LogP contribution in [0.4, 0.5) is 0 Å². The molecule has 0 fully saturated rings. The van der Waals surface area contributed by atoms with Crippen LogP contribution in [0, 0.1) is 0 Å². The van der Waals surface area contributed by atoms with Crippen LogP contribution >= 0.6 is 38.6 Å². The van der Waals surface area contributed by atoms with Crippen molar-refractivity contribution in [2.45, 2.75) is 0 Å². The fourth-order valence-electron chi connectivity index (χ4n) is 14.3. The summed E-state index contributed by atoms with van der Waals surface area (Å²) < 4.78 is 8.97. The molecule has 0 spiro atoms. The third-order valence-corrected chi connectivity index (χ3v) is 20.6. The predicted molar refractivity (Wildman–Crippen MR) is 371 cm³/mol. The van der Waals surface area contributed by atoms with Gasteiger partial charge in [0.1, 0.15) is 0 Å². The molecule has 20 rings (SSSR count). The van der Waals surface area contributed by atoms with E-state index in [9.17, 15) is 0 Å². The van der Waals surface area contributed by atoms with Crippen LogP contribution in [0.25, 0.3) is 178 Å². The highest BCUT2D eigenvalue weighted by Gasteiger charge is 2.26. The quantitative estimate of drug-likeness (QED) is 0.182. The van der Waals surface area contributed by atoms with E-state index in [2.05, 4.69) is 305 Å². The molecule has 18 aromatic rings. The fraction of sp³-hybridized carbons (Fsp3) is 0. The molecule has 0 amide bonds. The van der Waals surface area contributed by atoms with Crippen LogP contribution in [0.5, 0.6) is 0 Å². The molecule has 0 unspecified atom stereocenters. The average Bonchev–Trinajstić information content (AvgIpc) is 1.73. The van der Waals surface area contributed by atoms with Gasteiger partial charge >= 0.3 is 0 Å². The first-order valence-corrected chi connectivity index (χ1v) is 31.3. The van der Waals surface area contributed by atoms with Gasteiger partial charge in [0.2, 0.25) is 0 Å². The van der Waals surface area contributed by atoms with Crippen LogP contribution < -0.4 is 0 Å². The first-order chi connectivity index (χ1) is 42.1. The van der Waals surface area contributed by atoms with E-state index >= 15 is 0 Å². The van der Waals surface area contributed by atoms with E-state index in [1.165, 1.54) is 178 Å². The van der Waals surface area contributed by atoms with Gasteiger partial charge in [-0.25, -0.2) is 0 Å². The number of benzene rings is 14. The van der Waals surface area contributed by atoms with Crippen molar-refractivity contribution in [1.29, 1.82) is 0 Å². The van der Waals surface area contributed by atoms with Crippen molar-refractivity contribution in [3.63, 3.8) is 0 Å². The third-order valence-electron chi connectivity index (χ3n) is 17.8. The number of fused-ring (bicyclic) bond motifs is 12. The van der Waals surface area contributed by atoms with Gasteiger partial charge in [-0.05, 0) is 161 Å². The summed E-state index contributed by atoms with van der Waals surface area (Å²) in [6.07, 6.45) is 0. The summed E-state index contributed by atoms with van der Waals surface area (Å²) in [4.78, 5) is 3.60. The van der Waals surface area contributed by atoms with Gasteiger partial charge in [0.15, 0.2) is 0 Å². The Labute approximate surface area is 505 Å². The Bertz CT molecular complexity index is 5810. The topological polar surface area (TPSA) is 20.7 Å². The number of rotatable bonds is 3. The highest BCUT2D eigenvalue weighted by atomic mass is 79.9. The van der Waals surface area contributed by atoms with E-state index < -0.39 is 0 Å². The molecule has 0 aliphatic heterocycles. The highest BCUT2D eigenvalue weighted by molar-refractivity contribution is 9.10. The van der Waals surface area contributed by atoms with Crippen molar-refractivity contribution >= 4 is 144 Å². The summed E-state index contributed by atoms with van der Waals surface area (Å²) in [5.41, 5.74) is 21.8. The number of nitrogens with zero attached hydrogens (tertiary/aromatic N) is 1. The van der Waals surface area contributed by atoms with Gasteiger partial charge in [-0.15, -0.1) is 22.7 Å². The summed E-state index contributed by atoms with van der Waals surface area (Å²) in [6.45, 7) is 0. The van der Waals surface area contributed by atoms with Crippen molar-refractivity contribution in [3.8, 4) is 72.4 Å². The number of nitrogens with one attached hydrogen (secondary N) is 1. The minimum atomic E-state index is 1.12. The summed E-state index contributed by atoms with van der Waals surface area (Å²) in [5.74, 6) is 0. The van der Waals surface area contributed by atoms with E-state index in [1.807, 2.05) is 22.7 Å². The molecule has 5 heteroatoms. The van der Waals surface area contributed by atoms with Gasteiger partial charge in [-0.1, -0.05) is 222 Å². The van der Waals surface area contributed by atoms with Crippen molar-refractivity contribution in [1.82, 2.24) is 9.55 Å². The molecule has 4 aromatic heterocycles. The van der Waals surface area contributed by atoms with E-state index in [4.69, 9.17) is 0 Å². The normalized spacial score (nSPS) is 12.1. The second-order valence-electron chi connectivity index (χ2n) is 22.3. The lowest BCUT2D eigenvalue weighted by Gasteiger charge is -2.14. The number of aromatic nitrogens is 2. The van der Waals surface area contributed by atoms with Gasteiger partial charge < -0.3 is 9.55 Å². The molecule has 85 heavy (non-hydrogen) atoms. The molecule has 0 saturated carbocycles. The van der Waals surface area contributed by atoms with Crippen LogP contribution in [0.15, 0.2) is 284 Å². The number of aromatic amines is 1. The summed E-state index contributed by atoms with van der Waals surface area (Å²) >= 11 is 7.31. The average molecular weight is 1180 g/mol. The first kappa shape index (κ1) is 48.6. The zero-order chi connectivity index (χ0) is 55.9. The highest BCUT2D eigenvalue weighted by Crippen LogP contribution is 2.51. The van der Waals surface area contributed by atoms with Gasteiger partial charge in [0, 0.05) is 83.1 Å². The van der Waals surface area contributed by atoms with Crippen molar-refractivity contribution in [3.05, 3.63) is 284 Å². The number of hydrogen-bond acceptors (Lipinski definition) is 2.